The Hall–Kier alpha value is -1.97. The van der Waals surface area contributed by atoms with E-state index in [2.05, 4.69) is 0 Å². The predicted molar refractivity (Wildman–Crippen MR) is 60.2 cm³/mol. The molecule has 2 N–H and O–H groups in total. The first-order chi connectivity index (χ1) is 7.13. The molecule has 15 heavy (non-hydrogen) atoms. The highest BCUT2D eigenvalue weighted by molar-refractivity contribution is 5.83. The minimum atomic E-state index is -0.184. The van der Waals surface area contributed by atoms with Crippen LogP contribution in [0, 0.1) is 0 Å². The number of hydrogen-bond donors (Lipinski definition) is 1. The van der Waals surface area contributed by atoms with Crippen molar-refractivity contribution >= 4 is 16.6 Å². The Bertz CT molecular complexity index is 573. The zero-order valence-corrected chi connectivity index (χ0v) is 8.65. The van der Waals surface area contributed by atoms with Gasteiger partial charge < -0.3 is 15.0 Å². The molecule has 0 aliphatic carbocycles. The molecule has 2 aromatic rings. The van der Waals surface area contributed by atoms with Gasteiger partial charge in [0.2, 0.25) is 0 Å². The largest absolute Gasteiger partial charge is 0.497 e. The zero-order valence-electron chi connectivity index (χ0n) is 8.65. The molecular formula is C11H12N2O2. The normalized spacial score (nSPS) is 10.5. The third kappa shape index (κ3) is 1.44. The molecule has 4 heteroatoms. The molecule has 0 aliphatic rings. The molecule has 0 fully saturated rings. The number of nitrogen functional groups attached to an aromatic ring is 1. The molecule has 0 saturated carbocycles. The second-order valence-electron chi connectivity index (χ2n) is 3.39. The molecule has 0 bridgehead atoms. The van der Waals surface area contributed by atoms with Crippen LogP contribution in [0.4, 0.5) is 5.69 Å². The van der Waals surface area contributed by atoms with Crippen LogP contribution in [-0.4, -0.2) is 11.7 Å². The fraction of sp³-hybridized carbons (Fsp3) is 0.182. The summed E-state index contributed by atoms with van der Waals surface area (Å²) in [6.07, 6.45) is 0. The van der Waals surface area contributed by atoms with Crippen molar-refractivity contribution in [2.45, 2.75) is 0 Å². The van der Waals surface area contributed by atoms with Crippen LogP contribution in [0.3, 0.4) is 0 Å². The van der Waals surface area contributed by atoms with E-state index in [1.165, 1.54) is 4.57 Å². The highest BCUT2D eigenvalue weighted by Crippen LogP contribution is 2.20. The van der Waals surface area contributed by atoms with Gasteiger partial charge in [-0.05, 0) is 18.2 Å². The molecule has 4 nitrogen and oxygen atoms in total. The van der Waals surface area contributed by atoms with Gasteiger partial charge in [0, 0.05) is 18.5 Å². The van der Waals surface area contributed by atoms with Crippen molar-refractivity contribution in [2.75, 3.05) is 12.8 Å². The van der Waals surface area contributed by atoms with Gasteiger partial charge in [-0.2, -0.15) is 0 Å². The Morgan fingerprint density at radius 2 is 2.07 bits per heavy atom. The van der Waals surface area contributed by atoms with Crippen molar-refractivity contribution in [1.82, 2.24) is 4.57 Å². The van der Waals surface area contributed by atoms with Gasteiger partial charge in [-0.15, -0.1) is 0 Å². The summed E-state index contributed by atoms with van der Waals surface area (Å²) in [5.41, 5.74) is 6.48. The molecular weight excluding hydrogens is 192 g/mol. The molecule has 0 atom stereocenters. The molecule has 1 aromatic heterocycles. The summed E-state index contributed by atoms with van der Waals surface area (Å²) in [7, 11) is 3.29. The summed E-state index contributed by atoms with van der Waals surface area (Å²) in [6, 6.07) is 7.21. The first-order valence-corrected chi connectivity index (χ1v) is 4.56. The SMILES string of the molecule is COc1ccc2cc(N)c(=O)n(C)c2c1. The average Bonchev–Trinajstić information content (AvgIpc) is 2.26. The second-order valence-corrected chi connectivity index (χ2v) is 3.39. The molecule has 78 valence electrons. The minimum absolute atomic E-state index is 0.184. The van der Waals surface area contributed by atoms with Gasteiger partial charge in [0.25, 0.3) is 5.56 Å². The minimum Gasteiger partial charge on any atom is -0.497 e. The van der Waals surface area contributed by atoms with Crippen LogP contribution in [0.2, 0.25) is 0 Å². The maximum absolute atomic E-state index is 11.6. The molecule has 0 unspecified atom stereocenters. The van der Waals surface area contributed by atoms with Crippen molar-refractivity contribution in [3.63, 3.8) is 0 Å². The fourth-order valence-corrected chi connectivity index (χ4v) is 1.60. The zero-order chi connectivity index (χ0) is 11.0. The number of rotatable bonds is 1. The predicted octanol–water partition coefficient (Wildman–Crippen LogP) is 1.13. The van der Waals surface area contributed by atoms with Crippen LogP contribution in [0.25, 0.3) is 10.9 Å². The number of methoxy groups -OCH3 is 1. The molecule has 0 radical (unpaired) electrons. The van der Waals surface area contributed by atoms with Crippen molar-refractivity contribution < 1.29 is 4.74 Å². The van der Waals surface area contributed by atoms with Gasteiger partial charge in [0.15, 0.2) is 0 Å². The lowest BCUT2D eigenvalue weighted by Crippen LogP contribution is -2.20. The molecule has 1 aromatic carbocycles. The van der Waals surface area contributed by atoms with Crippen molar-refractivity contribution in [1.29, 1.82) is 0 Å². The number of fused-ring (bicyclic) bond motifs is 1. The van der Waals surface area contributed by atoms with E-state index < -0.39 is 0 Å². The number of nitrogens with two attached hydrogens (primary N) is 1. The molecule has 2 rings (SSSR count). The maximum atomic E-state index is 11.6. The quantitative estimate of drug-likeness (QED) is 0.757. The summed E-state index contributed by atoms with van der Waals surface area (Å²) >= 11 is 0. The number of benzene rings is 1. The van der Waals surface area contributed by atoms with Crippen molar-refractivity contribution in [2.24, 2.45) is 7.05 Å². The number of ether oxygens (including phenoxy) is 1. The number of hydrogen-bond acceptors (Lipinski definition) is 3. The van der Waals surface area contributed by atoms with Crippen molar-refractivity contribution in [3.8, 4) is 5.75 Å². The lowest BCUT2D eigenvalue weighted by molar-refractivity contribution is 0.415. The Kier molecular flexibility index (Phi) is 2.11. The smallest absolute Gasteiger partial charge is 0.273 e. The van der Waals surface area contributed by atoms with Gasteiger partial charge >= 0.3 is 0 Å². The number of anilines is 1. The van der Waals surface area contributed by atoms with Gasteiger partial charge in [0.05, 0.1) is 18.3 Å². The van der Waals surface area contributed by atoms with E-state index in [4.69, 9.17) is 10.5 Å². The van der Waals surface area contributed by atoms with E-state index in [0.29, 0.717) is 0 Å². The summed E-state index contributed by atoms with van der Waals surface area (Å²) < 4.78 is 6.62. The van der Waals surface area contributed by atoms with Crippen molar-refractivity contribution in [3.05, 3.63) is 34.6 Å². The van der Waals surface area contributed by atoms with Crippen LogP contribution >= 0.6 is 0 Å². The standard InChI is InChI=1S/C11H12N2O2/c1-13-10-6-8(15-2)4-3-7(10)5-9(12)11(13)14/h3-6H,12H2,1-2H3. The molecule has 0 aliphatic heterocycles. The van der Waals surface area contributed by atoms with E-state index in [-0.39, 0.29) is 11.2 Å². The van der Waals surface area contributed by atoms with Gasteiger partial charge in [-0.1, -0.05) is 0 Å². The van der Waals surface area contributed by atoms with Crippen LogP contribution in [-0.2, 0) is 7.05 Å². The Morgan fingerprint density at radius 1 is 1.33 bits per heavy atom. The van der Waals surface area contributed by atoms with Crippen LogP contribution in [0.5, 0.6) is 5.75 Å². The highest BCUT2D eigenvalue weighted by Gasteiger charge is 2.04. The fourth-order valence-electron chi connectivity index (χ4n) is 1.60. The third-order valence-corrected chi connectivity index (χ3v) is 2.46. The Morgan fingerprint density at radius 3 is 2.73 bits per heavy atom. The van der Waals surface area contributed by atoms with E-state index in [0.717, 1.165) is 16.7 Å². The number of aromatic nitrogens is 1. The van der Waals surface area contributed by atoms with Gasteiger partial charge in [0.1, 0.15) is 5.75 Å². The van der Waals surface area contributed by atoms with E-state index in [1.54, 1.807) is 20.2 Å². The number of aryl methyl sites for hydroxylation is 1. The average molecular weight is 204 g/mol. The Balaban J connectivity index is 2.88. The molecule has 0 spiro atoms. The summed E-state index contributed by atoms with van der Waals surface area (Å²) in [5.74, 6) is 0.724. The van der Waals surface area contributed by atoms with Gasteiger partial charge in [-0.3, -0.25) is 4.79 Å². The summed E-state index contributed by atoms with van der Waals surface area (Å²) in [5, 5.41) is 0.926. The highest BCUT2D eigenvalue weighted by atomic mass is 16.5. The number of nitrogens with zero attached hydrogens (tertiary/aromatic N) is 1. The lowest BCUT2D eigenvalue weighted by Gasteiger charge is -2.07. The third-order valence-electron chi connectivity index (χ3n) is 2.46. The van der Waals surface area contributed by atoms with Gasteiger partial charge in [-0.25, -0.2) is 0 Å². The van der Waals surface area contributed by atoms with Crippen LogP contribution < -0.4 is 16.0 Å². The first-order valence-electron chi connectivity index (χ1n) is 4.56. The second kappa shape index (κ2) is 3.31. The summed E-state index contributed by atoms with van der Waals surface area (Å²) in [4.78, 5) is 11.6. The van der Waals surface area contributed by atoms with E-state index in [1.807, 2.05) is 18.2 Å². The van der Waals surface area contributed by atoms with Crippen LogP contribution in [0.1, 0.15) is 0 Å². The maximum Gasteiger partial charge on any atom is 0.273 e. The number of pyridine rings is 1. The first kappa shape index (κ1) is 9.58. The molecule has 1 heterocycles. The topological polar surface area (TPSA) is 57.2 Å². The Labute approximate surface area is 86.9 Å². The summed E-state index contributed by atoms with van der Waals surface area (Å²) in [6.45, 7) is 0. The monoisotopic (exact) mass is 204 g/mol. The molecule has 0 amide bonds. The van der Waals surface area contributed by atoms with Crippen LogP contribution in [0.15, 0.2) is 29.1 Å². The lowest BCUT2D eigenvalue weighted by atomic mass is 10.2. The van der Waals surface area contributed by atoms with E-state index >= 15 is 0 Å². The molecule has 0 saturated heterocycles. The van der Waals surface area contributed by atoms with E-state index in [9.17, 15) is 4.79 Å².